The number of nitrogens with zero attached hydrogens (tertiary/aromatic N) is 1. The fraction of sp³-hybridized carbons (Fsp3) is 0.333. The molecule has 0 aliphatic carbocycles. The van der Waals surface area contributed by atoms with E-state index in [-0.39, 0.29) is 10.9 Å². The van der Waals surface area contributed by atoms with Gasteiger partial charge in [-0.15, -0.1) is 11.8 Å². The Balaban J connectivity index is 2.23. The van der Waals surface area contributed by atoms with Gasteiger partial charge in [0.1, 0.15) is 4.90 Å². The largest absolute Gasteiger partial charge is 0.378 e. The second-order valence-electron chi connectivity index (χ2n) is 6.31. The number of nitrogens with one attached hydrogen (secondary N) is 1. The van der Waals surface area contributed by atoms with E-state index in [4.69, 9.17) is 0 Å². The molecule has 0 saturated carbocycles. The SMILES string of the molecule is CC(C)Sc1ccc(C(C)Nc2ccc([N+](=O)[O-])c(S(C)(=O)=O)c2)cc1. The van der Waals surface area contributed by atoms with Crippen molar-refractivity contribution in [1.29, 1.82) is 0 Å². The number of hydrogen-bond donors (Lipinski definition) is 1. The maximum absolute atomic E-state index is 11.9. The van der Waals surface area contributed by atoms with Crippen LogP contribution in [0.15, 0.2) is 52.3 Å². The van der Waals surface area contributed by atoms with Crippen LogP contribution in [-0.2, 0) is 9.84 Å². The van der Waals surface area contributed by atoms with Crippen molar-refractivity contribution in [2.24, 2.45) is 0 Å². The highest BCUT2D eigenvalue weighted by atomic mass is 32.2. The summed E-state index contributed by atoms with van der Waals surface area (Å²) in [7, 11) is -3.70. The highest BCUT2D eigenvalue weighted by Gasteiger charge is 2.22. The van der Waals surface area contributed by atoms with Gasteiger partial charge in [0.25, 0.3) is 5.69 Å². The Morgan fingerprint density at radius 2 is 1.69 bits per heavy atom. The normalized spacial score (nSPS) is 12.8. The molecule has 0 aliphatic rings. The molecule has 2 aromatic rings. The molecule has 0 aliphatic heterocycles. The summed E-state index contributed by atoms with van der Waals surface area (Å²) in [5, 5.41) is 14.8. The topological polar surface area (TPSA) is 89.3 Å². The minimum atomic E-state index is -3.70. The van der Waals surface area contributed by atoms with Gasteiger partial charge in [-0.25, -0.2) is 8.42 Å². The van der Waals surface area contributed by atoms with Crippen molar-refractivity contribution in [3.8, 4) is 0 Å². The minimum Gasteiger partial charge on any atom is -0.378 e. The second kappa shape index (κ2) is 8.09. The molecule has 0 spiro atoms. The van der Waals surface area contributed by atoms with Crippen molar-refractivity contribution in [3.63, 3.8) is 0 Å². The Hall–Kier alpha value is -2.06. The molecule has 1 atom stereocenters. The molecule has 0 bridgehead atoms. The predicted molar refractivity (Wildman–Crippen MR) is 106 cm³/mol. The van der Waals surface area contributed by atoms with Gasteiger partial charge in [0.2, 0.25) is 0 Å². The fourth-order valence-electron chi connectivity index (χ4n) is 2.49. The lowest BCUT2D eigenvalue weighted by Gasteiger charge is -2.17. The fourth-order valence-corrected chi connectivity index (χ4v) is 4.19. The van der Waals surface area contributed by atoms with Gasteiger partial charge in [-0.2, -0.15) is 0 Å². The number of rotatable bonds is 7. The Morgan fingerprint density at radius 3 is 2.19 bits per heavy atom. The van der Waals surface area contributed by atoms with Gasteiger partial charge in [-0.05, 0) is 36.8 Å². The lowest BCUT2D eigenvalue weighted by atomic mass is 10.1. The summed E-state index contributed by atoms with van der Waals surface area (Å²) in [6.45, 7) is 6.22. The molecule has 0 amide bonds. The van der Waals surface area contributed by atoms with Crippen LogP contribution in [0.1, 0.15) is 32.4 Å². The zero-order valence-corrected chi connectivity index (χ0v) is 16.7. The molecule has 0 aromatic heterocycles. The van der Waals surface area contributed by atoms with E-state index in [2.05, 4.69) is 31.3 Å². The van der Waals surface area contributed by atoms with E-state index in [1.807, 2.05) is 19.1 Å². The molecule has 0 saturated heterocycles. The van der Waals surface area contributed by atoms with Crippen LogP contribution >= 0.6 is 11.8 Å². The molecule has 2 rings (SSSR count). The van der Waals surface area contributed by atoms with Gasteiger partial charge in [-0.3, -0.25) is 10.1 Å². The number of thioether (sulfide) groups is 1. The van der Waals surface area contributed by atoms with Gasteiger partial charge in [0.15, 0.2) is 9.84 Å². The molecule has 2 aromatic carbocycles. The Morgan fingerprint density at radius 1 is 1.08 bits per heavy atom. The van der Waals surface area contributed by atoms with Crippen molar-refractivity contribution < 1.29 is 13.3 Å². The maximum Gasteiger partial charge on any atom is 0.288 e. The van der Waals surface area contributed by atoms with Gasteiger partial charge in [-0.1, -0.05) is 26.0 Å². The quantitative estimate of drug-likeness (QED) is 0.417. The summed E-state index contributed by atoms with van der Waals surface area (Å²) in [5.74, 6) is 0. The van der Waals surface area contributed by atoms with Crippen LogP contribution in [-0.4, -0.2) is 24.8 Å². The van der Waals surface area contributed by atoms with Gasteiger partial charge in [0.05, 0.1) is 4.92 Å². The first kappa shape index (κ1) is 20.3. The standard InChI is InChI=1S/C18H22N2O4S2/c1-12(2)25-16-8-5-14(6-9-16)13(3)19-15-7-10-17(20(21)22)18(11-15)26(4,23)24/h5-13,19H,1-4H3. The summed E-state index contributed by atoms with van der Waals surface area (Å²) in [4.78, 5) is 11.3. The zero-order chi connectivity index (χ0) is 19.5. The smallest absolute Gasteiger partial charge is 0.288 e. The molecule has 1 unspecified atom stereocenters. The third kappa shape index (κ3) is 5.22. The second-order valence-corrected chi connectivity index (χ2v) is 9.95. The molecule has 140 valence electrons. The highest BCUT2D eigenvalue weighted by molar-refractivity contribution is 7.99. The number of benzene rings is 2. The molecule has 0 heterocycles. The number of anilines is 1. The number of hydrogen-bond acceptors (Lipinski definition) is 6. The average Bonchev–Trinajstić information content (AvgIpc) is 2.53. The predicted octanol–water partition coefficient (Wildman–Crippen LogP) is 4.67. The van der Waals surface area contributed by atoms with E-state index < -0.39 is 20.4 Å². The summed E-state index contributed by atoms with van der Waals surface area (Å²) in [5.41, 5.74) is 1.14. The monoisotopic (exact) mass is 394 g/mol. The summed E-state index contributed by atoms with van der Waals surface area (Å²) < 4.78 is 23.7. The van der Waals surface area contributed by atoms with Crippen LogP contribution in [0.5, 0.6) is 0 Å². The molecule has 0 fully saturated rings. The van der Waals surface area contributed by atoms with Crippen molar-refractivity contribution in [1.82, 2.24) is 0 Å². The lowest BCUT2D eigenvalue weighted by Crippen LogP contribution is -2.09. The Labute approximate surface area is 158 Å². The first-order valence-electron chi connectivity index (χ1n) is 8.09. The highest BCUT2D eigenvalue weighted by Crippen LogP contribution is 2.30. The summed E-state index contributed by atoms with van der Waals surface area (Å²) in [6, 6.07) is 12.1. The first-order chi connectivity index (χ1) is 12.1. The lowest BCUT2D eigenvalue weighted by molar-refractivity contribution is -0.387. The zero-order valence-electron chi connectivity index (χ0n) is 15.1. The molecule has 8 heteroatoms. The molecular weight excluding hydrogens is 372 g/mol. The van der Waals surface area contributed by atoms with Gasteiger partial charge < -0.3 is 5.32 Å². The minimum absolute atomic E-state index is 0.0815. The number of nitro benzene ring substituents is 1. The van der Waals surface area contributed by atoms with Gasteiger partial charge >= 0.3 is 0 Å². The Kier molecular flexibility index (Phi) is 6.30. The molecule has 1 N–H and O–H groups in total. The number of nitro groups is 1. The van der Waals surface area contributed by atoms with Crippen LogP contribution in [0.4, 0.5) is 11.4 Å². The van der Waals surface area contributed by atoms with Crippen LogP contribution < -0.4 is 5.32 Å². The van der Waals surface area contributed by atoms with Crippen LogP contribution in [0.25, 0.3) is 0 Å². The van der Waals surface area contributed by atoms with Crippen LogP contribution in [0, 0.1) is 10.1 Å². The van der Waals surface area contributed by atoms with Crippen molar-refractivity contribution >= 4 is 33.0 Å². The maximum atomic E-state index is 11.9. The third-order valence-corrected chi connectivity index (χ3v) is 5.83. The Bertz CT molecular complexity index is 894. The van der Waals surface area contributed by atoms with Crippen molar-refractivity contribution in [3.05, 3.63) is 58.1 Å². The van der Waals surface area contributed by atoms with Crippen molar-refractivity contribution in [2.45, 2.75) is 41.9 Å². The summed E-state index contributed by atoms with van der Waals surface area (Å²) in [6.07, 6.45) is 0.966. The van der Waals surface area contributed by atoms with E-state index in [1.165, 1.54) is 23.1 Å². The molecule has 6 nitrogen and oxygen atoms in total. The number of sulfone groups is 1. The van der Waals surface area contributed by atoms with E-state index >= 15 is 0 Å². The average molecular weight is 395 g/mol. The van der Waals surface area contributed by atoms with E-state index in [1.54, 1.807) is 11.8 Å². The molecular formula is C18H22N2O4S2. The van der Waals surface area contributed by atoms with Crippen LogP contribution in [0.3, 0.4) is 0 Å². The molecule has 0 radical (unpaired) electrons. The van der Waals surface area contributed by atoms with Crippen LogP contribution in [0.2, 0.25) is 0 Å². The third-order valence-electron chi connectivity index (χ3n) is 3.69. The van der Waals surface area contributed by atoms with E-state index in [9.17, 15) is 18.5 Å². The first-order valence-corrected chi connectivity index (χ1v) is 10.9. The van der Waals surface area contributed by atoms with E-state index in [0.717, 1.165) is 11.8 Å². The molecule has 26 heavy (non-hydrogen) atoms. The van der Waals surface area contributed by atoms with Gasteiger partial charge in [0, 0.05) is 34.2 Å². The van der Waals surface area contributed by atoms with Crippen molar-refractivity contribution in [2.75, 3.05) is 11.6 Å². The van der Waals surface area contributed by atoms with E-state index in [0.29, 0.717) is 10.9 Å². The summed E-state index contributed by atoms with van der Waals surface area (Å²) >= 11 is 1.78.